The second-order valence-corrected chi connectivity index (χ2v) is 8.02. The molecule has 144 valence electrons. The second kappa shape index (κ2) is 12.3. The first-order valence-electron chi connectivity index (χ1n) is 10.8. The van der Waals surface area contributed by atoms with Crippen LogP contribution in [0, 0.1) is 11.8 Å². The largest absolute Gasteiger partial charge is 0.356 e. The van der Waals surface area contributed by atoms with Gasteiger partial charge >= 0.3 is 0 Å². The zero-order valence-electron chi connectivity index (χ0n) is 16.0. The van der Waals surface area contributed by atoms with Crippen molar-refractivity contribution >= 4 is 11.8 Å². The first kappa shape index (κ1) is 20.3. The molecule has 0 atom stereocenters. The second-order valence-electron chi connectivity index (χ2n) is 8.02. The zero-order chi connectivity index (χ0) is 17.7. The van der Waals surface area contributed by atoms with Crippen molar-refractivity contribution in [2.24, 2.45) is 11.8 Å². The summed E-state index contributed by atoms with van der Waals surface area (Å²) in [6, 6.07) is 0. The highest BCUT2D eigenvalue weighted by Crippen LogP contribution is 2.24. The number of unbranched alkanes of at least 4 members (excludes halogenated alkanes) is 4. The van der Waals surface area contributed by atoms with E-state index >= 15 is 0 Å². The van der Waals surface area contributed by atoms with Crippen molar-refractivity contribution in [3.8, 4) is 0 Å². The average molecular weight is 351 g/mol. The van der Waals surface area contributed by atoms with Gasteiger partial charge in [-0.2, -0.15) is 0 Å². The minimum atomic E-state index is 0.279. The van der Waals surface area contributed by atoms with E-state index in [1.165, 1.54) is 57.8 Å². The minimum absolute atomic E-state index is 0.279. The maximum absolute atomic E-state index is 12.0. The van der Waals surface area contributed by atoms with E-state index in [2.05, 4.69) is 10.6 Å². The average Bonchev–Trinajstić information content (AvgIpc) is 2.67. The topological polar surface area (TPSA) is 58.2 Å². The van der Waals surface area contributed by atoms with Crippen molar-refractivity contribution in [2.75, 3.05) is 13.1 Å². The van der Waals surface area contributed by atoms with Crippen LogP contribution >= 0.6 is 0 Å². The Hall–Kier alpha value is -1.06. The van der Waals surface area contributed by atoms with Gasteiger partial charge in [-0.3, -0.25) is 9.59 Å². The van der Waals surface area contributed by atoms with Crippen molar-refractivity contribution in [1.82, 2.24) is 10.6 Å². The third-order valence-electron chi connectivity index (χ3n) is 5.90. The molecule has 0 aromatic heterocycles. The summed E-state index contributed by atoms with van der Waals surface area (Å²) in [4.78, 5) is 24.0. The molecule has 2 saturated carbocycles. The lowest BCUT2D eigenvalue weighted by Crippen LogP contribution is -2.32. The molecule has 4 heteroatoms. The predicted molar refractivity (Wildman–Crippen MR) is 102 cm³/mol. The summed E-state index contributed by atoms with van der Waals surface area (Å²) in [5.41, 5.74) is 0. The summed E-state index contributed by atoms with van der Waals surface area (Å²) in [5, 5.41) is 6.22. The van der Waals surface area contributed by atoms with Gasteiger partial charge in [0, 0.05) is 24.9 Å². The van der Waals surface area contributed by atoms with Crippen LogP contribution in [0.5, 0.6) is 0 Å². The lowest BCUT2D eigenvalue weighted by Gasteiger charge is -2.20. The SMILES string of the molecule is O=C(NCCCCCCCNC(=O)C1CCCCC1)C1CCCCC1. The minimum Gasteiger partial charge on any atom is -0.356 e. The first-order chi connectivity index (χ1) is 12.3. The van der Waals surface area contributed by atoms with Crippen LogP contribution in [0.1, 0.15) is 96.3 Å². The van der Waals surface area contributed by atoms with E-state index in [0.717, 1.165) is 51.6 Å². The monoisotopic (exact) mass is 350 g/mol. The van der Waals surface area contributed by atoms with Crippen molar-refractivity contribution in [2.45, 2.75) is 96.3 Å². The van der Waals surface area contributed by atoms with E-state index in [9.17, 15) is 9.59 Å². The van der Waals surface area contributed by atoms with Gasteiger partial charge in [-0.1, -0.05) is 57.8 Å². The number of amides is 2. The fraction of sp³-hybridized carbons (Fsp3) is 0.905. The van der Waals surface area contributed by atoms with E-state index in [1.54, 1.807) is 0 Å². The number of nitrogens with one attached hydrogen (secondary N) is 2. The Bertz CT molecular complexity index is 349. The highest BCUT2D eigenvalue weighted by Gasteiger charge is 2.21. The van der Waals surface area contributed by atoms with Gasteiger partial charge in [0.2, 0.25) is 11.8 Å². The molecule has 25 heavy (non-hydrogen) atoms. The summed E-state index contributed by atoms with van der Waals surface area (Å²) in [7, 11) is 0. The highest BCUT2D eigenvalue weighted by molar-refractivity contribution is 5.79. The van der Waals surface area contributed by atoms with Crippen molar-refractivity contribution < 1.29 is 9.59 Å². The maximum Gasteiger partial charge on any atom is 0.223 e. The molecule has 2 fully saturated rings. The van der Waals surface area contributed by atoms with Crippen molar-refractivity contribution in [3.63, 3.8) is 0 Å². The molecule has 0 aromatic carbocycles. The smallest absolute Gasteiger partial charge is 0.223 e. The van der Waals surface area contributed by atoms with E-state index in [0.29, 0.717) is 0 Å². The fourth-order valence-corrected chi connectivity index (χ4v) is 4.22. The Labute approximate surface area is 153 Å². The molecule has 0 unspecified atom stereocenters. The van der Waals surface area contributed by atoms with Gasteiger partial charge in [0.05, 0.1) is 0 Å². The van der Waals surface area contributed by atoms with Crippen molar-refractivity contribution in [3.05, 3.63) is 0 Å². The predicted octanol–water partition coefficient (Wildman–Crippen LogP) is 4.33. The Morgan fingerprint density at radius 1 is 0.560 bits per heavy atom. The van der Waals surface area contributed by atoms with E-state index in [4.69, 9.17) is 0 Å². The molecule has 0 aliphatic heterocycles. The molecule has 2 rings (SSSR count). The molecule has 2 amide bonds. The molecule has 0 bridgehead atoms. The normalized spacial score (nSPS) is 19.5. The molecule has 4 nitrogen and oxygen atoms in total. The van der Waals surface area contributed by atoms with E-state index in [-0.39, 0.29) is 23.7 Å². The van der Waals surface area contributed by atoms with Gasteiger partial charge in [0.25, 0.3) is 0 Å². The zero-order valence-corrected chi connectivity index (χ0v) is 16.0. The van der Waals surface area contributed by atoms with Gasteiger partial charge in [-0.25, -0.2) is 0 Å². The number of hydrogen-bond donors (Lipinski definition) is 2. The van der Waals surface area contributed by atoms with Crippen LogP contribution in [0.15, 0.2) is 0 Å². The molecule has 0 saturated heterocycles. The maximum atomic E-state index is 12.0. The highest BCUT2D eigenvalue weighted by atomic mass is 16.2. The summed E-state index contributed by atoms with van der Waals surface area (Å²) >= 11 is 0. The third-order valence-corrected chi connectivity index (χ3v) is 5.90. The van der Waals surface area contributed by atoms with Gasteiger partial charge in [0.15, 0.2) is 0 Å². The quantitative estimate of drug-likeness (QED) is 0.576. The van der Waals surface area contributed by atoms with Crippen LogP contribution in [0.3, 0.4) is 0 Å². The first-order valence-corrected chi connectivity index (χ1v) is 10.8. The standard InChI is InChI=1S/C21H38N2O2/c24-20(18-12-6-4-7-13-18)22-16-10-2-1-3-11-17-23-21(25)19-14-8-5-9-15-19/h18-19H,1-17H2,(H,22,24)(H,23,25). The molecule has 0 radical (unpaired) electrons. The Kier molecular flexibility index (Phi) is 9.98. The molecule has 2 aliphatic rings. The lowest BCUT2D eigenvalue weighted by atomic mass is 9.88. The Balaban J connectivity index is 1.37. The third kappa shape index (κ3) is 8.24. The number of carbonyl (C=O) groups excluding carboxylic acids is 2. The van der Waals surface area contributed by atoms with Crippen LogP contribution < -0.4 is 10.6 Å². The van der Waals surface area contributed by atoms with Crippen LogP contribution in [-0.4, -0.2) is 24.9 Å². The van der Waals surface area contributed by atoms with Gasteiger partial charge in [0.1, 0.15) is 0 Å². The number of hydrogen-bond acceptors (Lipinski definition) is 2. The van der Waals surface area contributed by atoms with Crippen LogP contribution in [0.25, 0.3) is 0 Å². The van der Waals surface area contributed by atoms with Gasteiger partial charge < -0.3 is 10.6 Å². The van der Waals surface area contributed by atoms with E-state index in [1.807, 2.05) is 0 Å². The molecule has 2 N–H and O–H groups in total. The Morgan fingerprint density at radius 2 is 0.920 bits per heavy atom. The number of rotatable bonds is 10. The van der Waals surface area contributed by atoms with Crippen LogP contribution in [0.4, 0.5) is 0 Å². The fourth-order valence-electron chi connectivity index (χ4n) is 4.22. The molecule has 0 spiro atoms. The summed E-state index contributed by atoms with van der Waals surface area (Å²) in [6.07, 6.45) is 17.5. The van der Waals surface area contributed by atoms with Crippen LogP contribution in [-0.2, 0) is 9.59 Å². The van der Waals surface area contributed by atoms with E-state index < -0.39 is 0 Å². The summed E-state index contributed by atoms with van der Waals surface area (Å²) < 4.78 is 0. The molecule has 0 heterocycles. The molecular weight excluding hydrogens is 312 g/mol. The van der Waals surface area contributed by atoms with Crippen LogP contribution in [0.2, 0.25) is 0 Å². The number of carbonyl (C=O) groups is 2. The molecular formula is C21H38N2O2. The lowest BCUT2D eigenvalue weighted by molar-refractivity contribution is -0.126. The summed E-state index contributed by atoms with van der Waals surface area (Å²) in [5.74, 6) is 1.12. The van der Waals surface area contributed by atoms with Gasteiger partial charge in [-0.15, -0.1) is 0 Å². The van der Waals surface area contributed by atoms with Gasteiger partial charge in [-0.05, 0) is 38.5 Å². The molecule has 2 aliphatic carbocycles. The van der Waals surface area contributed by atoms with Crippen molar-refractivity contribution in [1.29, 1.82) is 0 Å². The summed E-state index contributed by atoms with van der Waals surface area (Å²) in [6.45, 7) is 1.65. The molecule has 0 aromatic rings. The Morgan fingerprint density at radius 3 is 1.32 bits per heavy atom.